The Bertz CT molecular complexity index is 1010. The van der Waals surface area contributed by atoms with Gasteiger partial charge in [0.25, 0.3) is 5.89 Å². The molecule has 0 radical (unpaired) electrons. The van der Waals surface area contributed by atoms with E-state index in [1.54, 1.807) is 0 Å². The predicted molar refractivity (Wildman–Crippen MR) is 108 cm³/mol. The largest absolute Gasteiger partial charge is 0.466 e. The zero-order chi connectivity index (χ0) is 21.3. The van der Waals surface area contributed by atoms with Gasteiger partial charge in [-0.25, -0.2) is 0 Å². The van der Waals surface area contributed by atoms with Crippen molar-refractivity contribution in [3.05, 3.63) is 40.4 Å². The quantitative estimate of drug-likeness (QED) is 0.602. The summed E-state index contributed by atoms with van der Waals surface area (Å²) in [6.45, 7) is 12.3. The highest BCUT2D eigenvalue weighted by molar-refractivity contribution is 5.76. The van der Waals surface area contributed by atoms with Crippen LogP contribution in [0.2, 0.25) is 0 Å². The first-order chi connectivity index (χ1) is 13.7. The van der Waals surface area contributed by atoms with Crippen molar-refractivity contribution >= 4 is 5.91 Å². The van der Waals surface area contributed by atoms with Gasteiger partial charge >= 0.3 is 0 Å². The first-order valence-corrected chi connectivity index (χ1v) is 9.85. The van der Waals surface area contributed by atoms with Crippen LogP contribution < -0.4 is 0 Å². The average Bonchev–Trinajstić information content (AvgIpc) is 3.30. The average molecular weight is 399 g/mol. The number of furan rings is 1. The standard InChI is InChI=1S/C21H29N5O3/c1-12(2)26(11-18-14(4)24-25(7)15(18)5)20(27)9-8-19-22-23-21(29-19)17-10-13(3)28-16(17)6/h10,12H,8-9,11H2,1-7H3. The molecule has 3 heterocycles. The highest BCUT2D eigenvalue weighted by Crippen LogP contribution is 2.25. The Hall–Kier alpha value is -2.90. The third-order valence-electron chi connectivity index (χ3n) is 5.22. The summed E-state index contributed by atoms with van der Waals surface area (Å²) >= 11 is 0. The van der Waals surface area contributed by atoms with Crippen LogP contribution in [0.25, 0.3) is 11.5 Å². The number of amides is 1. The molecule has 0 saturated carbocycles. The van der Waals surface area contributed by atoms with Crippen molar-refractivity contribution in [1.29, 1.82) is 0 Å². The highest BCUT2D eigenvalue weighted by atomic mass is 16.4. The summed E-state index contributed by atoms with van der Waals surface area (Å²) in [5, 5.41) is 12.6. The monoisotopic (exact) mass is 399 g/mol. The summed E-state index contributed by atoms with van der Waals surface area (Å²) in [4.78, 5) is 14.8. The third-order valence-corrected chi connectivity index (χ3v) is 5.22. The first kappa shape index (κ1) is 20.8. The van der Waals surface area contributed by atoms with Crippen molar-refractivity contribution in [1.82, 2.24) is 24.9 Å². The molecule has 3 rings (SSSR count). The molecule has 0 N–H and O–H groups in total. The summed E-state index contributed by atoms with van der Waals surface area (Å²) in [7, 11) is 1.92. The molecule has 0 atom stereocenters. The molecule has 0 fully saturated rings. The summed E-state index contributed by atoms with van der Waals surface area (Å²) in [6, 6.07) is 1.95. The molecule has 8 nitrogen and oxygen atoms in total. The summed E-state index contributed by atoms with van der Waals surface area (Å²) < 4.78 is 13.1. The molecule has 0 unspecified atom stereocenters. The molecule has 0 spiro atoms. The minimum atomic E-state index is 0.0535. The SMILES string of the molecule is Cc1cc(-c2nnc(CCC(=O)N(Cc3c(C)nn(C)c3C)C(C)C)o2)c(C)o1. The highest BCUT2D eigenvalue weighted by Gasteiger charge is 2.22. The van der Waals surface area contributed by atoms with Crippen LogP contribution in [-0.2, 0) is 24.8 Å². The third kappa shape index (κ3) is 4.41. The molecule has 0 saturated heterocycles. The Labute approximate surface area is 170 Å². The number of nitrogens with zero attached hydrogens (tertiary/aromatic N) is 5. The van der Waals surface area contributed by atoms with Crippen LogP contribution in [0, 0.1) is 27.7 Å². The number of carbonyl (C=O) groups is 1. The lowest BCUT2D eigenvalue weighted by Crippen LogP contribution is -2.36. The zero-order valence-corrected chi connectivity index (χ0v) is 18.2. The Balaban J connectivity index is 1.67. The Morgan fingerprint density at radius 1 is 1.17 bits per heavy atom. The lowest BCUT2D eigenvalue weighted by molar-refractivity contribution is -0.133. The van der Waals surface area contributed by atoms with Gasteiger partial charge in [0.2, 0.25) is 11.8 Å². The van der Waals surface area contributed by atoms with Crippen LogP contribution in [0.15, 0.2) is 14.9 Å². The lowest BCUT2D eigenvalue weighted by Gasteiger charge is -2.27. The van der Waals surface area contributed by atoms with E-state index in [-0.39, 0.29) is 11.9 Å². The van der Waals surface area contributed by atoms with Gasteiger partial charge in [0.15, 0.2) is 0 Å². The molecular formula is C21H29N5O3. The number of hydrogen-bond donors (Lipinski definition) is 0. The van der Waals surface area contributed by atoms with Crippen LogP contribution in [0.3, 0.4) is 0 Å². The van der Waals surface area contributed by atoms with Gasteiger partial charge in [-0.15, -0.1) is 10.2 Å². The maximum Gasteiger partial charge on any atom is 0.251 e. The molecule has 156 valence electrons. The minimum Gasteiger partial charge on any atom is -0.466 e. The fraction of sp³-hybridized carbons (Fsp3) is 0.524. The molecule has 29 heavy (non-hydrogen) atoms. The van der Waals surface area contributed by atoms with E-state index < -0.39 is 0 Å². The van der Waals surface area contributed by atoms with Crippen LogP contribution in [0.1, 0.15) is 54.6 Å². The van der Waals surface area contributed by atoms with Crippen molar-refractivity contribution in [2.45, 2.75) is 67.0 Å². The second-order valence-electron chi connectivity index (χ2n) is 7.72. The maximum absolute atomic E-state index is 12.9. The van der Waals surface area contributed by atoms with Crippen molar-refractivity contribution in [3.8, 4) is 11.5 Å². The van der Waals surface area contributed by atoms with E-state index in [0.29, 0.717) is 31.2 Å². The van der Waals surface area contributed by atoms with Gasteiger partial charge < -0.3 is 13.7 Å². The Morgan fingerprint density at radius 2 is 1.90 bits per heavy atom. The number of carbonyl (C=O) groups excluding carboxylic acids is 1. The van der Waals surface area contributed by atoms with E-state index in [1.165, 1.54) is 0 Å². The molecule has 0 aromatic carbocycles. The smallest absolute Gasteiger partial charge is 0.251 e. The lowest BCUT2D eigenvalue weighted by atomic mass is 10.1. The van der Waals surface area contributed by atoms with Gasteiger partial charge in [-0.2, -0.15) is 5.10 Å². The Morgan fingerprint density at radius 3 is 2.45 bits per heavy atom. The van der Waals surface area contributed by atoms with Gasteiger partial charge in [0, 0.05) is 43.7 Å². The predicted octanol–water partition coefficient (Wildman–Crippen LogP) is 3.67. The number of aryl methyl sites for hydroxylation is 5. The summed E-state index contributed by atoms with van der Waals surface area (Å²) in [5.74, 6) is 2.45. The molecular weight excluding hydrogens is 370 g/mol. The zero-order valence-electron chi connectivity index (χ0n) is 18.2. The van der Waals surface area contributed by atoms with E-state index >= 15 is 0 Å². The van der Waals surface area contributed by atoms with Crippen molar-refractivity contribution in [2.24, 2.45) is 7.05 Å². The minimum absolute atomic E-state index is 0.0535. The maximum atomic E-state index is 12.9. The van der Waals surface area contributed by atoms with E-state index in [9.17, 15) is 4.79 Å². The van der Waals surface area contributed by atoms with Crippen LogP contribution in [0.5, 0.6) is 0 Å². The van der Waals surface area contributed by atoms with Crippen LogP contribution >= 0.6 is 0 Å². The molecule has 3 aromatic rings. The molecule has 0 bridgehead atoms. The number of rotatable bonds is 7. The molecule has 0 aliphatic rings. The molecule has 1 amide bonds. The second kappa shape index (κ2) is 8.23. The van der Waals surface area contributed by atoms with E-state index in [2.05, 4.69) is 15.3 Å². The van der Waals surface area contributed by atoms with E-state index in [0.717, 1.165) is 34.0 Å². The molecule has 8 heteroatoms. The van der Waals surface area contributed by atoms with E-state index in [1.807, 2.05) is 64.2 Å². The van der Waals surface area contributed by atoms with Gasteiger partial charge in [0.1, 0.15) is 11.5 Å². The first-order valence-electron chi connectivity index (χ1n) is 9.85. The second-order valence-corrected chi connectivity index (χ2v) is 7.72. The summed E-state index contributed by atoms with van der Waals surface area (Å²) in [6.07, 6.45) is 0.706. The molecule has 0 aliphatic carbocycles. The van der Waals surface area contributed by atoms with Crippen molar-refractivity contribution < 1.29 is 13.6 Å². The molecule has 0 aliphatic heterocycles. The van der Waals surface area contributed by atoms with Gasteiger partial charge in [0.05, 0.1) is 11.3 Å². The van der Waals surface area contributed by atoms with Crippen molar-refractivity contribution in [2.75, 3.05) is 0 Å². The fourth-order valence-electron chi connectivity index (χ4n) is 3.44. The van der Waals surface area contributed by atoms with Crippen LogP contribution in [-0.4, -0.2) is 36.8 Å². The normalized spacial score (nSPS) is 11.4. The Kier molecular flexibility index (Phi) is 5.91. The fourth-order valence-corrected chi connectivity index (χ4v) is 3.44. The van der Waals surface area contributed by atoms with E-state index in [4.69, 9.17) is 8.83 Å². The summed E-state index contributed by atoms with van der Waals surface area (Å²) in [5.41, 5.74) is 3.92. The van der Waals surface area contributed by atoms with Gasteiger partial charge in [-0.1, -0.05) is 0 Å². The van der Waals surface area contributed by atoms with Crippen LogP contribution in [0.4, 0.5) is 0 Å². The number of aromatic nitrogens is 4. The number of hydrogen-bond acceptors (Lipinski definition) is 6. The van der Waals surface area contributed by atoms with Gasteiger partial charge in [-0.05, 0) is 47.6 Å². The topological polar surface area (TPSA) is 90.2 Å². The molecule has 3 aromatic heterocycles. The van der Waals surface area contributed by atoms with Crippen molar-refractivity contribution in [3.63, 3.8) is 0 Å². The van der Waals surface area contributed by atoms with Gasteiger partial charge in [-0.3, -0.25) is 9.48 Å².